The van der Waals surface area contributed by atoms with E-state index >= 15 is 0 Å². The lowest BCUT2D eigenvalue weighted by Crippen LogP contribution is -2.58. The monoisotopic (exact) mass is 307 g/mol. The van der Waals surface area contributed by atoms with E-state index in [9.17, 15) is 23.1 Å². The molecule has 8 nitrogen and oxygen atoms in total. The van der Waals surface area contributed by atoms with Crippen LogP contribution in [0.5, 0.6) is 0 Å². The van der Waals surface area contributed by atoms with Gasteiger partial charge in [-0.25, -0.2) is 23.1 Å². The smallest absolute Gasteiger partial charge is 0.329 e. The minimum atomic E-state index is -3.65. The molecule has 0 aromatic rings. The Morgan fingerprint density at radius 3 is 2.35 bits per heavy atom. The SMILES string of the molecule is CC1CCC(NC(=O)NCCS(N)(=O)=O)(C(=O)O)CC1. The summed E-state index contributed by atoms with van der Waals surface area (Å²) in [6.07, 6.45) is 2.19. The highest BCUT2D eigenvalue weighted by atomic mass is 32.2. The Labute approximate surface area is 118 Å². The summed E-state index contributed by atoms with van der Waals surface area (Å²) >= 11 is 0. The van der Waals surface area contributed by atoms with Crippen LogP contribution in [0, 0.1) is 5.92 Å². The lowest BCUT2D eigenvalue weighted by atomic mass is 9.77. The van der Waals surface area contributed by atoms with Crippen LogP contribution in [0.2, 0.25) is 0 Å². The maximum Gasteiger partial charge on any atom is 0.329 e. The number of nitrogens with one attached hydrogen (secondary N) is 2. The van der Waals surface area contributed by atoms with E-state index in [0.29, 0.717) is 18.8 Å². The molecule has 1 aliphatic rings. The molecule has 0 aromatic heterocycles. The maximum atomic E-state index is 11.7. The first kappa shape index (κ1) is 16.7. The average Bonchev–Trinajstić information content (AvgIpc) is 2.30. The van der Waals surface area contributed by atoms with Crippen LogP contribution in [0.3, 0.4) is 0 Å². The predicted octanol–water partition coefficient (Wildman–Crippen LogP) is -0.392. The number of carbonyl (C=O) groups is 2. The number of rotatable bonds is 5. The van der Waals surface area contributed by atoms with Gasteiger partial charge in [-0.2, -0.15) is 0 Å². The zero-order chi connectivity index (χ0) is 15.4. The van der Waals surface area contributed by atoms with E-state index in [0.717, 1.165) is 12.8 Å². The van der Waals surface area contributed by atoms with Gasteiger partial charge < -0.3 is 15.7 Å². The average molecular weight is 307 g/mol. The van der Waals surface area contributed by atoms with Crippen LogP contribution in [0.4, 0.5) is 4.79 Å². The zero-order valence-corrected chi connectivity index (χ0v) is 12.2. The van der Waals surface area contributed by atoms with Crippen molar-refractivity contribution in [3.8, 4) is 0 Å². The number of carboxylic acid groups (broad SMARTS) is 1. The summed E-state index contributed by atoms with van der Waals surface area (Å²) in [5, 5.41) is 18.9. The molecule has 2 amide bonds. The molecule has 20 heavy (non-hydrogen) atoms. The highest BCUT2D eigenvalue weighted by molar-refractivity contribution is 7.89. The summed E-state index contributed by atoms with van der Waals surface area (Å²) in [4.78, 5) is 23.1. The molecule has 0 radical (unpaired) electrons. The van der Waals surface area contributed by atoms with Gasteiger partial charge in [0.1, 0.15) is 5.54 Å². The molecule has 0 heterocycles. The molecule has 1 aliphatic carbocycles. The van der Waals surface area contributed by atoms with E-state index in [1.54, 1.807) is 0 Å². The lowest BCUT2D eigenvalue weighted by Gasteiger charge is -2.36. The summed E-state index contributed by atoms with van der Waals surface area (Å²) < 4.78 is 21.4. The van der Waals surface area contributed by atoms with Crippen LogP contribution in [0.1, 0.15) is 32.6 Å². The Kier molecular flexibility index (Phi) is 5.35. The first-order valence-corrected chi connectivity index (χ1v) is 8.16. The molecule has 0 spiro atoms. The van der Waals surface area contributed by atoms with E-state index in [2.05, 4.69) is 10.6 Å². The summed E-state index contributed by atoms with van der Waals surface area (Å²) in [5.41, 5.74) is -1.27. The molecule has 9 heteroatoms. The number of carbonyl (C=O) groups excluding carboxylic acids is 1. The summed E-state index contributed by atoms with van der Waals surface area (Å²) in [6, 6.07) is -0.689. The second-order valence-corrected chi connectivity index (χ2v) is 7.05. The maximum absolute atomic E-state index is 11.7. The van der Waals surface area contributed by atoms with Gasteiger partial charge in [0.25, 0.3) is 0 Å². The third-order valence-electron chi connectivity index (χ3n) is 3.56. The van der Waals surface area contributed by atoms with Crippen LogP contribution in [0.25, 0.3) is 0 Å². The van der Waals surface area contributed by atoms with Crippen molar-refractivity contribution < 1.29 is 23.1 Å². The molecule has 116 valence electrons. The summed E-state index contributed by atoms with van der Waals surface area (Å²) in [6.45, 7) is 1.88. The molecule has 0 saturated heterocycles. The van der Waals surface area contributed by atoms with Gasteiger partial charge in [-0.3, -0.25) is 0 Å². The van der Waals surface area contributed by atoms with Gasteiger partial charge in [0, 0.05) is 6.54 Å². The second-order valence-electron chi connectivity index (χ2n) is 5.32. The van der Waals surface area contributed by atoms with Crippen LogP contribution >= 0.6 is 0 Å². The molecule has 0 atom stereocenters. The second kappa shape index (κ2) is 6.40. The molecular weight excluding hydrogens is 286 g/mol. The number of urea groups is 1. The van der Waals surface area contributed by atoms with Crippen molar-refractivity contribution in [2.75, 3.05) is 12.3 Å². The molecule has 5 N–H and O–H groups in total. The molecule has 0 bridgehead atoms. The largest absolute Gasteiger partial charge is 0.480 e. The summed E-state index contributed by atoms with van der Waals surface area (Å²) in [5.74, 6) is -1.02. The van der Waals surface area contributed by atoms with E-state index in [1.165, 1.54) is 0 Å². The Bertz CT molecular complexity index is 468. The number of aliphatic carboxylic acids is 1. The lowest BCUT2D eigenvalue weighted by molar-refractivity contribution is -0.146. The Morgan fingerprint density at radius 2 is 1.90 bits per heavy atom. The fourth-order valence-electron chi connectivity index (χ4n) is 2.22. The number of sulfonamides is 1. The Morgan fingerprint density at radius 1 is 1.35 bits per heavy atom. The topological polar surface area (TPSA) is 139 Å². The van der Waals surface area contributed by atoms with Crippen molar-refractivity contribution in [2.45, 2.75) is 38.1 Å². The highest BCUT2D eigenvalue weighted by Gasteiger charge is 2.42. The van der Waals surface area contributed by atoms with Crippen molar-refractivity contribution in [1.82, 2.24) is 10.6 Å². The Hall–Kier alpha value is -1.35. The minimum Gasteiger partial charge on any atom is -0.480 e. The van der Waals surface area contributed by atoms with Gasteiger partial charge in [0.15, 0.2) is 0 Å². The third kappa shape index (κ3) is 4.97. The fraction of sp³-hybridized carbons (Fsp3) is 0.818. The standard InChI is InChI=1S/C11H21N3O5S/c1-8-2-4-11(5-3-8,9(15)16)14-10(17)13-6-7-20(12,18)19/h8H,2-7H2,1H3,(H,15,16)(H2,12,18,19)(H2,13,14,17). The van der Waals surface area contributed by atoms with Crippen LogP contribution in [0.15, 0.2) is 0 Å². The molecule has 1 fully saturated rings. The van der Waals surface area contributed by atoms with Gasteiger partial charge in [-0.15, -0.1) is 0 Å². The van der Waals surface area contributed by atoms with Crippen molar-refractivity contribution >= 4 is 22.0 Å². The van der Waals surface area contributed by atoms with Gasteiger partial charge in [0.05, 0.1) is 5.75 Å². The quantitative estimate of drug-likeness (QED) is 0.547. The van der Waals surface area contributed by atoms with Gasteiger partial charge in [-0.05, 0) is 31.6 Å². The number of nitrogens with two attached hydrogens (primary N) is 1. The van der Waals surface area contributed by atoms with Crippen LogP contribution in [-0.2, 0) is 14.8 Å². The van der Waals surface area contributed by atoms with Gasteiger partial charge in [0.2, 0.25) is 10.0 Å². The van der Waals surface area contributed by atoms with E-state index < -0.39 is 33.3 Å². The van der Waals surface area contributed by atoms with Crippen molar-refractivity contribution in [2.24, 2.45) is 11.1 Å². The first-order chi connectivity index (χ1) is 9.15. The van der Waals surface area contributed by atoms with Crippen molar-refractivity contribution in [1.29, 1.82) is 0 Å². The van der Waals surface area contributed by atoms with Crippen LogP contribution in [-0.4, -0.2) is 43.4 Å². The molecule has 0 aliphatic heterocycles. The van der Waals surface area contributed by atoms with Crippen LogP contribution < -0.4 is 15.8 Å². The summed E-state index contributed by atoms with van der Waals surface area (Å²) in [7, 11) is -3.65. The molecular formula is C11H21N3O5S. The molecule has 1 rings (SSSR count). The molecule has 0 unspecified atom stereocenters. The van der Waals surface area contributed by atoms with E-state index in [1.807, 2.05) is 6.92 Å². The van der Waals surface area contributed by atoms with Crippen molar-refractivity contribution in [3.63, 3.8) is 0 Å². The van der Waals surface area contributed by atoms with Crippen molar-refractivity contribution in [3.05, 3.63) is 0 Å². The number of primary sulfonamides is 1. The number of amides is 2. The Balaban J connectivity index is 2.54. The fourth-order valence-corrected chi connectivity index (χ4v) is 2.60. The van der Waals surface area contributed by atoms with E-state index in [-0.39, 0.29) is 6.54 Å². The highest BCUT2D eigenvalue weighted by Crippen LogP contribution is 2.32. The first-order valence-electron chi connectivity index (χ1n) is 6.44. The number of carboxylic acids is 1. The predicted molar refractivity (Wildman–Crippen MR) is 72.5 cm³/mol. The molecule has 0 aromatic carbocycles. The zero-order valence-electron chi connectivity index (χ0n) is 11.4. The third-order valence-corrected chi connectivity index (χ3v) is 4.34. The number of hydrogen-bond donors (Lipinski definition) is 4. The van der Waals surface area contributed by atoms with E-state index in [4.69, 9.17) is 5.14 Å². The molecule has 1 saturated carbocycles. The minimum absolute atomic E-state index is 0.156. The van der Waals surface area contributed by atoms with Gasteiger partial charge >= 0.3 is 12.0 Å². The normalized spacial score (nSPS) is 26.8. The number of hydrogen-bond acceptors (Lipinski definition) is 4. The van der Waals surface area contributed by atoms with Gasteiger partial charge in [-0.1, -0.05) is 6.92 Å².